The molecule has 0 spiro atoms. The molecule has 3 nitrogen and oxygen atoms in total. The minimum absolute atomic E-state index is 0.791. The summed E-state index contributed by atoms with van der Waals surface area (Å²) in [5, 5.41) is 2.10. The summed E-state index contributed by atoms with van der Waals surface area (Å²) in [5.74, 6) is 1.76. The first-order valence-corrected chi connectivity index (χ1v) is 7.15. The minimum Gasteiger partial charge on any atom is -0.352 e. The first-order valence-electron chi connectivity index (χ1n) is 5.47. The van der Waals surface area contributed by atoms with Gasteiger partial charge in [-0.1, -0.05) is 6.07 Å². The number of halogens is 1. The molecule has 0 aromatic carbocycles. The third-order valence-electron chi connectivity index (χ3n) is 2.43. The fraction of sp³-hybridized carbons (Fsp3) is 0.333. The molecule has 0 amide bonds. The van der Waals surface area contributed by atoms with Crippen LogP contribution in [0.2, 0.25) is 0 Å². The molecule has 2 aromatic rings. The van der Waals surface area contributed by atoms with E-state index < -0.39 is 0 Å². The summed E-state index contributed by atoms with van der Waals surface area (Å²) in [5.41, 5.74) is 0. The highest BCUT2D eigenvalue weighted by Crippen LogP contribution is 2.20. The lowest BCUT2D eigenvalue weighted by molar-refractivity contribution is 0.811. The second-order valence-corrected chi connectivity index (χ2v) is 5.53. The molecule has 0 radical (unpaired) electrons. The van der Waals surface area contributed by atoms with Crippen LogP contribution in [-0.2, 0) is 6.54 Å². The van der Waals surface area contributed by atoms with Crippen LogP contribution in [-0.4, -0.2) is 16.5 Å². The monoisotopic (exact) mass is 311 g/mol. The van der Waals surface area contributed by atoms with Crippen LogP contribution < -0.4 is 4.90 Å². The lowest BCUT2D eigenvalue weighted by atomic mass is 10.4. The second-order valence-electron chi connectivity index (χ2n) is 3.69. The lowest BCUT2D eigenvalue weighted by Gasteiger charge is -2.21. The summed E-state index contributed by atoms with van der Waals surface area (Å²) in [7, 11) is 0. The molecule has 17 heavy (non-hydrogen) atoms. The van der Waals surface area contributed by atoms with Gasteiger partial charge in [0.2, 0.25) is 0 Å². The predicted molar refractivity (Wildman–Crippen MR) is 75.5 cm³/mol. The number of anilines is 1. The first kappa shape index (κ1) is 12.5. The van der Waals surface area contributed by atoms with Crippen molar-refractivity contribution in [1.82, 2.24) is 9.97 Å². The fourth-order valence-electron chi connectivity index (χ4n) is 1.62. The van der Waals surface area contributed by atoms with Crippen molar-refractivity contribution in [2.75, 3.05) is 11.4 Å². The van der Waals surface area contributed by atoms with Gasteiger partial charge in [0.25, 0.3) is 0 Å². The molecule has 0 unspecified atom stereocenters. The van der Waals surface area contributed by atoms with E-state index in [4.69, 9.17) is 0 Å². The van der Waals surface area contributed by atoms with Crippen molar-refractivity contribution in [3.8, 4) is 0 Å². The number of hydrogen-bond donors (Lipinski definition) is 0. The Kier molecular flexibility index (Phi) is 4.12. The van der Waals surface area contributed by atoms with Crippen molar-refractivity contribution in [3.63, 3.8) is 0 Å². The van der Waals surface area contributed by atoms with E-state index in [1.54, 1.807) is 11.3 Å². The number of aromatic nitrogens is 2. The minimum atomic E-state index is 0.791. The topological polar surface area (TPSA) is 29.0 Å². The molecule has 2 rings (SSSR count). The quantitative estimate of drug-likeness (QED) is 0.807. The molecule has 0 aliphatic heterocycles. The van der Waals surface area contributed by atoms with E-state index in [1.807, 2.05) is 13.0 Å². The zero-order chi connectivity index (χ0) is 12.3. The van der Waals surface area contributed by atoms with Gasteiger partial charge >= 0.3 is 0 Å². The Balaban J connectivity index is 2.22. The van der Waals surface area contributed by atoms with Crippen LogP contribution in [0, 0.1) is 6.92 Å². The molecule has 2 aromatic heterocycles. The molecule has 0 N–H and O–H groups in total. The lowest BCUT2D eigenvalue weighted by Crippen LogP contribution is -2.23. The summed E-state index contributed by atoms with van der Waals surface area (Å²) >= 11 is 5.19. The Hall–Kier alpha value is -0.940. The van der Waals surface area contributed by atoms with Gasteiger partial charge < -0.3 is 4.90 Å². The van der Waals surface area contributed by atoms with Crippen molar-refractivity contribution in [3.05, 3.63) is 38.9 Å². The summed E-state index contributed by atoms with van der Waals surface area (Å²) in [6.07, 6.45) is 0. The van der Waals surface area contributed by atoms with Gasteiger partial charge in [-0.05, 0) is 41.2 Å². The van der Waals surface area contributed by atoms with Gasteiger partial charge in [0, 0.05) is 17.5 Å². The van der Waals surface area contributed by atoms with Gasteiger partial charge in [-0.15, -0.1) is 11.3 Å². The predicted octanol–water partition coefficient (Wildman–Crippen LogP) is 3.64. The van der Waals surface area contributed by atoms with Gasteiger partial charge in [0.15, 0.2) is 0 Å². The normalized spacial score (nSPS) is 10.5. The highest BCUT2D eigenvalue weighted by atomic mass is 79.9. The molecule has 5 heteroatoms. The van der Waals surface area contributed by atoms with Gasteiger partial charge in [0.1, 0.15) is 16.2 Å². The average Bonchev–Trinajstić information content (AvgIpc) is 2.77. The van der Waals surface area contributed by atoms with E-state index in [0.717, 1.165) is 29.3 Å². The van der Waals surface area contributed by atoms with E-state index in [0.29, 0.717) is 0 Å². The third kappa shape index (κ3) is 3.26. The highest BCUT2D eigenvalue weighted by molar-refractivity contribution is 9.10. The smallest absolute Gasteiger partial charge is 0.133 e. The van der Waals surface area contributed by atoms with Crippen LogP contribution >= 0.6 is 27.3 Å². The summed E-state index contributed by atoms with van der Waals surface area (Å²) < 4.78 is 0.838. The van der Waals surface area contributed by atoms with Crippen molar-refractivity contribution in [1.29, 1.82) is 0 Å². The van der Waals surface area contributed by atoms with E-state index in [-0.39, 0.29) is 0 Å². The Morgan fingerprint density at radius 1 is 1.41 bits per heavy atom. The average molecular weight is 312 g/mol. The van der Waals surface area contributed by atoms with Gasteiger partial charge in [0.05, 0.1) is 6.54 Å². The first-order chi connectivity index (χ1) is 8.19. The molecular formula is C12H14BrN3S. The molecule has 90 valence electrons. The Labute approximate surface area is 114 Å². The van der Waals surface area contributed by atoms with Crippen molar-refractivity contribution >= 4 is 33.1 Å². The number of thiophene rings is 1. The molecule has 0 aliphatic carbocycles. The SMILES string of the molecule is CCN(Cc1cccs1)c1cc(Br)nc(C)n1. The van der Waals surface area contributed by atoms with Crippen molar-refractivity contribution in [2.24, 2.45) is 0 Å². The summed E-state index contributed by atoms with van der Waals surface area (Å²) in [4.78, 5) is 12.3. The molecule has 0 saturated carbocycles. The van der Waals surface area contributed by atoms with Crippen molar-refractivity contribution < 1.29 is 0 Å². The van der Waals surface area contributed by atoms with Crippen LogP contribution in [0.3, 0.4) is 0 Å². The Morgan fingerprint density at radius 2 is 2.24 bits per heavy atom. The van der Waals surface area contributed by atoms with Crippen LogP contribution in [0.25, 0.3) is 0 Å². The Bertz CT molecular complexity index is 464. The van der Waals surface area contributed by atoms with Gasteiger partial charge in [-0.3, -0.25) is 0 Å². The maximum atomic E-state index is 4.48. The number of rotatable bonds is 4. The summed E-state index contributed by atoms with van der Waals surface area (Å²) in [6.45, 7) is 5.88. The van der Waals surface area contributed by atoms with Crippen LogP contribution in [0.15, 0.2) is 28.2 Å². The molecule has 0 saturated heterocycles. The van der Waals surface area contributed by atoms with Crippen molar-refractivity contribution in [2.45, 2.75) is 20.4 Å². The van der Waals surface area contributed by atoms with Crippen LogP contribution in [0.1, 0.15) is 17.6 Å². The van der Waals surface area contributed by atoms with E-state index >= 15 is 0 Å². The van der Waals surface area contributed by atoms with Crippen LogP contribution in [0.5, 0.6) is 0 Å². The molecule has 0 bridgehead atoms. The van der Waals surface area contributed by atoms with E-state index in [2.05, 4.69) is 55.2 Å². The maximum Gasteiger partial charge on any atom is 0.133 e. The standard InChI is InChI=1S/C12H14BrN3S/c1-3-16(8-10-5-4-6-17-10)12-7-11(13)14-9(2)15-12/h4-7H,3,8H2,1-2H3. The van der Waals surface area contributed by atoms with Gasteiger partial charge in [-0.25, -0.2) is 9.97 Å². The van der Waals surface area contributed by atoms with E-state index in [9.17, 15) is 0 Å². The molecule has 0 fully saturated rings. The number of hydrogen-bond acceptors (Lipinski definition) is 4. The molecule has 0 atom stereocenters. The zero-order valence-electron chi connectivity index (χ0n) is 9.85. The molecule has 0 aliphatic rings. The largest absolute Gasteiger partial charge is 0.352 e. The molecular weight excluding hydrogens is 298 g/mol. The fourth-order valence-corrected chi connectivity index (χ4v) is 2.80. The van der Waals surface area contributed by atoms with Gasteiger partial charge in [-0.2, -0.15) is 0 Å². The summed E-state index contributed by atoms with van der Waals surface area (Å²) in [6, 6.07) is 6.19. The number of nitrogens with zero attached hydrogens (tertiary/aromatic N) is 3. The van der Waals surface area contributed by atoms with E-state index in [1.165, 1.54) is 4.88 Å². The third-order valence-corrected chi connectivity index (χ3v) is 3.69. The molecule has 2 heterocycles. The Morgan fingerprint density at radius 3 is 2.82 bits per heavy atom. The van der Waals surface area contributed by atoms with Crippen LogP contribution in [0.4, 0.5) is 5.82 Å². The highest BCUT2D eigenvalue weighted by Gasteiger charge is 2.09. The zero-order valence-corrected chi connectivity index (χ0v) is 12.3. The maximum absolute atomic E-state index is 4.48. The second kappa shape index (κ2) is 5.60. The number of aryl methyl sites for hydroxylation is 1.